The molecule has 1 saturated carbocycles. The number of nitrogen functional groups attached to an aromatic ring is 1. The van der Waals surface area contributed by atoms with Crippen molar-refractivity contribution in [2.75, 3.05) is 12.3 Å². The minimum absolute atomic E-state index is 0.778. The zero-order valence-corrected chi connectivity index (χ0v) is 12.2. The van der Waals surface area contributed by atoms with Crippen molar-refractivity contribution in [3.8, 4) is 0 Å². The van der Waals surface area contributed by atoms with Gasteiger partial charge in [0.05, 0.1) is 0 Å². The van der Waals surface area contributed by atoms with Crippen LogP contribution in [0.25, 0.3) is 0 Å². The molecule has 0 amide bonds. The Hall–Kier alpha value is -0.730. The number of hydrogen-bond acceptors (Lipinski definition) is 2. The van der Waals surface area contributed by atoms with Gasteiger partial charge in [-0.2, -0.15) is 0 Å². The Morgan fingerprint density at radius 1 is 1.16 bits per heavy atom. The van der Waals surface area contributed by atoms with Gasteiger partial charge in [-0.15, -0.1) is 0 Å². The van der Waals surface area contributed by atoms with Gasteiger partial charge in [0.25, 0.3) is 0 Å². The number of anilines is 1. The van der Waals surface area contributed by atoms with E-state index in [1.54, 1.807) is 0 Å². The summed E-state index contributed by atoms with van der Waals surface area (Å²) in [5, 5.41) is 0.853. The Kier molecular flexibility index (Phi) is 3.99. The molecule has 3 heteroatoms. The standard InChI is InChI=1S/C16H23ClN2/c17-15-8-7-14(18)10-13(15)11-19-9-3-6-16(19)12-4-1-2-5-12/h7-8,10,12,16H,1-6,9,11,18H2. The van der Waals surface area contributed by atoms with Crippen molar-refractivity contribution in [2.24, 2.45) is 5.92 Å². The van der Waals surface area contributed by atoms with Crippen molar-refractivity contribution < 1.29 is 0 Å². The van der Waals surface area contributed by atoms with Crippen LogP contribution in [0.15, 0.2) is 18.2 Å². The summed E-state index contributed by atoms with van der Waals surface area (Å²) in [7, 11) is 0. The van der Waals surface area contributed by atoms with Gasteiger partial charge in [0.1, 0.15) is 0 Å². The molecule has 0 radical (unpaired) electrons. The number of nitrogens with zero attached hydrogens (tertiary/aromatic N) is 1. The molecule has 104 valence electrons. The topological polar surface area (TPSA) is 29.3 Å². The van der Waals surface area contributed by atoms with E-state index < -0.39 is 0 Å². The van der Waals surface area contributed by atoms with Crippen LogP contribution < -0.4 is 5.73 Å². The number of hydrogen-bond donors (Lipinski definition) is 1. The Bertz CT molecular complexity index is 440. The van der Waals surface area contributed by atoms with Crippen molar-refractivity contribution in [2.45, 2.75) is 51.1 Å². The lowest BCUT2D eigenvalue weighted by Gasteiger charge is -2.29. The van der Waals surface area contributed by atoms with Gasteiger partial charge < -0.3 is 5.73 Å². The van der Waals surface area contributed by atoms with Gasteiger partial charge in [0.15, 0.2) is 0 Å². The highest BCUT2D eigenvalue weighted by atomic mass is 35.5. The van der Waals surface area contributed by atoms with Crippen LogP contribution in [0.5, 0.6) is 0 Å². The lowest BCUT2D eigenvalue weighted by molar-refractivity contribution is 0.183. The molecule has 0 bridgehead atoms. The fourth-order valence-electron chi connectivity index (χ4n) is 3.86. The van der Waals surface area contributed by atoms with Crippen molar-refractivity contribution in [1.29, 1.82) is 0 Å². The van der Waals surface area contributed by atoms with Crippen LogP contribution in [0.1, 0.15) is 44.1 Å². The first kappa shape index (κ1) is 13.3. The summed E-state index contributed by atoms with van der Waals surface area (Å²) in [6, 6.07) is 6.61. The summed E-state index contributed by atoms with van der Waals surface area (Å²) in [5.41, 5.74) is 7.88. The Morgan fingerprint density at radius 2 is 1.95 bits per heavy atom. The lowest BCUT2D eigenvalue weighted by Crippen LogP contribution is -2.34. The molecule has 1 aromatic rings. The number of nitrogens with two attached hydrogens (primary N) is 1. The number of likely N-dealkylation sites (tertiary alicyclic amines) is 1. The number of rotatable bonds is 3. The van der Waals surface area contributed by atoms with E-state index in [-0.39, 0.29) is 0 Å². The maximum Gasteiger partial charge on any atom is 0.0452 e. The van der Waals surface area contributed by atoms with Crippen LogP contribution >= 0.6 is 11.6 Å². The van der Waals surface area contributed by atoms with Crippen LogP contribution in [-0.4, -0.2) is 17.5 Å². The van der Waals surface area contributed by atoms with Crippen molar-refractivity contribution >= 4 is 17.3 Å². The highest BCUT2D eigenvalue weighted by Crippen LogP contribution is 2.36. The van der Waals surface area contributed by atoms with Crippen molar-refractivity contribution in [1.82, 2.24) is 4.90 Å². The van der Waals surface area contributed by atoms with Gasteiger partial charge in [0.2, 0.25) is 0 Å². The van der Waals surface area contributed by atoms with Gasteiger partial charge >= 0.3 is 0 Å². The molecule has 19 heavy (non-hydrogen) atoms. The third-order valence-electron chi connectivity index (χ3n) is 4.80. The SMILES string of the molecule is Nc1ccc(Cl)c(CN2CCCC2C2CCCC2)c1. The molecule has 1 atom stereocenters. The quantitative estimate of drug-likeness (QED) is 0.844. The zero-order chi connectivity index (χ0) is 13.2. The molecule has 0 aromatic heterocycles. The highest BCUT2D eigenvalue weighted by molar-refractivity contribution is 6.31. The molecule has 0 spiro atoms. The van der Waals surface area contributed by atoms with Crippen LogP contribution in [0.3, 0.4) is 0 Å². The minimum Gasteiger partial charge on any atom is -0.399 e. The van der Waals surface area contributed by atoms with Crippen LogP contribution in [-0.2, 0) is 6.54 Å². The summed E-state index contributed by atoms with van der Waals surface area (Å²) >= 11 is 6.30. The van der Waals surface area contributed by atoms with Crippen molar-refractivity contribution in [3.63, 3.8) is 0 Å². The average Bonchev–Trinajstić information content (AvgIpc) is 3.03. The zero-order valence-electron chi connectivity index (χ0n) is 11.4. The van der Waals surface area contributed by atoms with Gasteiger partial charge in [0, 0.05) is 23.3 Å². The monoisotopic (exact) mass is 278 g/mol. The normalized spacial score (nSPS) is 25.2. The first-order chi connectivity index (χ1) is 9.24. The second kappa shape index (κ2) is 5.72. The predicted molar refractivity (Wildman–Crippen MR) is 81.3 cm³/mol. The highest BCUT2D eigenvalue weighted by Gasteiger charge is 2.33. The minimum atomic E-state index is 0.778. The molecule has 2 nitrogen and oxygen atoms in total. The second-order valence-corrected chi connectivity index (χ2v) is 6.48. The number of benzene rings is 1. The fourth-order valence-corrected chi connectivity index (χ4v) is 4.04. The maximum absolute atomic E-state index is 6.30. The van der Waals surface area contributed by atoms with E-state index in [9.17, 15) is 0 Å². The van der Waals surface area contributed by atoms with Crippen LogP contribution in [0.2, 0.25) is 5.02 Å². The summed E-state index contributed by atoms with van der Waals surface area (Å²) < 4.78 is 0. The second-order valence-electron chi connectivity index (χ2n) is 6.08. The van der Waals surface area contributed by atoms with E-state index in [0.29, 0.717) is 0 Å². The van der Waals surface area contributed by atoms with E-state index in [2.05, 4.69) is 4.90 Å². The number of halogens is 1. The fraction of sp³-hybridized carbons (Fsp3) is 0.625. The molecule has 1 aliphatic heterocycles. The maximum atomic E-state index is 6.30. The molecule has 1 heterocycles. The third-order valence-corrected chi connectivity index (χ3v) is 5.17. The van der Waals surface area contributed by atoms with E-state index in [0.717, 1.165) is 29.2 Å². The molecular formula is C16H23ClN2. The molecular weight excluding hydrogens is 256 g/mol. The Morgan fingerprint density at radius 3 is 2.74 bits per heavy atom. The predicted octanol–water partition coefficient (Wildman–Crippen LogP) is 4.08. The molecule has 2 fully saturated rings. The smallest absolute Gasteiger partial charge is 0.0452 e. The molecule has 2 aliphatic rings. The lowest BCUT2D eigenvalue weighted by atomic mass is 9.96. The first-order valence-electron chi connectivity index (χ1n) is 7.52. The van der Waals surface area contributed by atoms with Gasteiger partial charge in [-0.3, -0.25) is 4.90 Å². The van der Waals surface area contributed by atoms with E-state index in [4.69, 9.17) is 17.3 Å². The van der Waals surface area contributed by atoms with Crippen LogP contribution in [0, 0.1) is 5.92 Å². The van der Waals surface area contributed by atoms with Gasteiger partial charge in [-0.05, 0) is 61.9 Å². The van der Waals surface area contributed by atoms with E-state index in [1.807, 2.05) is 18.2 Å². The van der Waals surface area contributed by atoms with Crippen LogP contribution in [0.4, 0.5) is 5.69 Å². The van der Waals surface area contributed by atoms with E-state index >= 15 is 0 Å². The van der Waals surface area contributed by atoms with E-state index in [1.165, 1.54) is 50.6 Å². The van der Waals surface area contributed by atoms with Crippen molar-refractivity contribution in [3.05, 3.63) is 28.8 Å². The third kappa shape index (κ3) is 2.90. The Labute approximate surface area is 120 Å². The summed E-state index contributed by atoms with van der Waals surface area (Å²) in [4.78, 5) is 2.64. The summed E-state index contributed by atoms with van der Waals surface area (Å²) in [6.07, 6.45) is 8.39. The Balaban J connectivity index is 1.72. The molecule has 1 aliphatic carbocycles. The molecule has 1 aromatic carbocycles. The summed E-state index contributed by atoms with van der Waals surface area (Å²) in [6.45, 7) is 2.18. The average molecular weight is 279 g/mol. The molecule has 3 rings (SSSR count). The first-order valence-corrected chi connectivity index (χ1v) is 7.90. The summed E-state index contributed by atoms with van der Waals surface area (Å²) in [5.74, 6) is 0.919. The molecule has 2 N–H and O–H groups in total. The van der Waals surface area contributed by atoms with Gasteiger partial charge in [-0.25, -0.2) is 0 Å². The van der Waals surface area contributed by atoms with Gasteiger partial charge in [-0.1, -0.05) is 24.4 Å². The molecule has 1 unspecified atom stereocenters. The largest absolute Gasteiger partial charge is 0.399 e. The molecule has 1 saturated heterocycles.